The molecule has 2 N–H and O–H groups in total. The van der Waals surface area contributed by atoms with Crippen LogP contribution in [0.3, 0.4) is 0 Å². The third-order valence-electron chi connectivity index (χ3n) is 3.29. The van der Waals surface area contributed by atoms with Crippen LogP contribution in [0.1, 0.15) is 52.4 Å². The molecule has 0 aromatic heterocycles. The second-order valence-corrected chi connectivity index (χ2v) is 4.85. The Morgan fingerprint density at radius 2 is 2.00 bits per heavy atom. The fraction of sp³-hybridized carbons (Fsp3) is 1.00. The van der Waals surface area contributed by atoms with Gasteiger partial charge >= 0.3 is 0 Å². The first-order chi connectivity index (χ1) is 7.36. The summed E-state index contributed by atoms with van der Waals surface area (Å²) in [5.41, 5.74) is 0. The molecule has 0 aromatic rings. The lowest BCUT2D eigenvalue weighted by atomic mass is 9.99. The third-order valence-corrected chi connectivity index (χ3v) is 3.29. The Morgan fingerprint density at radius 1 is 1.20 bits per heavy atom. The van der Waals surface area contributed by atoms with Crippen LogP contribution in [0.5, 0.6) is 0 Å². The molecule has 0 bridgehead atoms. The third kappa shape index (κ3) is 6.91. The molecular weight excluding hydrogens is 184 g/mol. The Kier molecular flexibility index (Phi) is 7.03. The van der Waals surface area contributed by atoms with E-state index in [9.17, 15) is 0 Å². The summed E-state index contributed by atoms with van der Waals surface area (Å²) in [5, 5.41) is 7.09. The summed E-state index contributed by atoms with van der Waals surface area (Å²) in [7, 11) is 0. The molecule has 0 aliphatic heterocycles. The highest BCUT2D eigenvalue weighted by Gasteiger charge is 2.19. The minimum atomic E-state index is 0.855. The molecule has 0 radical (unpaired) electrons. The van der Waals surface area contributed by atoms with Crippen molar-refractivity contribution in [1.29, 1.82) is 0 Å². The van der Waals surface area contributed by atoms with Gasteiger partial charge in [-0.25, -0.2) is 0 Å². The van der Waals surface area contributed by atoms with Crippen molar-refractivity contribution in [3.63, 3.8) is 0 Å². The molecule has 0 aromatic carbocycles. The number of rotatable bonds is 10. The lowest BCUT2D eigenvalue weighted by Gasteiger charge is -2.15. The van der Waals surface area contributed by atoms with Crippen LogP contribution < -0.4 is 10.6 Å². The van der Waals surface area contributed by atoms with E-state index in [-0.39, 0.29) is 0 Å². The highest BCUT2D eigenvalue weighted by molar-refractivity contribution is 4.80. The van der Waals surface area contributed by atoms with E-state index in [0.717, 1.165) is 25.0 Å². The molecule has 0 spiro atoms. The molecule has 2 heteroatoms. The first-order valence-corrected chi connectivity index (χ1v) is 6.80. The van der Waals surface area contributed by atoms with Gasteiger partial charge in [-0.3, -0.25) is 0 Å². The predicted octanol–water partition coefficient (Wildman–Crippen LogP) is 2.54. The molecule has 1 unspecified atom stereocenters. The van der Waals surface area contributed by atoms with Gasteiger partial charge in [-0.05, 0) is 31.7 Å². The molecule has 15 heavy (non-hydrogen) atoms. The Morgan fingerprint density at radius 3 is 2.60 bits per heavy atom. The summed E-state index contributed by atoms with van der Waals surface area (Å²) >= 11 is 0. The van der Waals surface area contributed by atoms with Gasteiger partial charge in [0.05, 0.1) is 0 Å². The SMILES string of the molecule is CCCCC(CC)CNCCNC1CC1. The van der Waals surface area contributed by atoms with Gasteiger partial charge in [0.2, 0.25) is 0 Å². The maximum absolute atomic E-state index is 3.57. The van der Waals surface area contributed by atoms with Crippen LogP contribution in [0, 0.1) is 5.92 Å². The van der Waals surface area contributed by atoms with Crippen LogP contribution in [0.2, 0.25) is 0 Å². The monoisotopic (exact) mass is 212 g/mol. The van der Waals surface area contributed by atoms with E-state index >= 15 is 0 Å². The van der Waals surface area contributed by atoms with Crippen molar-refractivity contribution in [3.05, 3.63) is 0 Å². The normalized spacial score (nSPS) is 18.0. The quantitative estimate of drug-likeness (QED) is 0.544. The summed E-state index contributed by atoms with van der Waals surface area (Å²) in [5.74, 6) is 0.894. The van der Waals surface area contributed by atoms with Gasteiger partial charge in [-0.2, -0.15) is 0 Å². The molecule has 90 valence electrons. The van der Waals surface area contributed by atoms with Crippen molar-refractivity contribution in [2.24, 2.45) is 5.92 Å². The minimum absolute atomic E-state index is 0.855. The van der Waals surface area contributed by atoms with Crippen molar-refractivity contribution in [3.8, 4) is 0 Å². The van der Waals surface area contributed by atoms with E-state index in [1.165, 1.54) is 45.1 Å². The predicted molar refractivity (Wildman–Crippen MR) is 67.2 cm³/mol. The van der Waals surface area contributed by atoms with E-state index in [0.29, 0.717) is 0 Å². The lowest BCUT2D eigenvalue weighted by Crippen LogP contribution is -2.31. The smallest absolute Gasteiger partial charge is 0.00793 e. The highest BCUT2D eigenvalue weighted by Crippen LogP contribution is 2.17. The average Bonchev–Trinajstić information content (AvgIpc) is 3.06. The summed E-state index contributed by atoms with van der Waals surface area (Å²) in [4.78, 5) is 0. The largest absolute Gasteiger partial charge is 0.315 e. The van der Waals surface area contributed by atoms with Gasteiger partial charge in [-0.15, -0.1) is 0 Å². The zero-order valence-electron chi connectivity index (χ0n) is 10.5. The number of hydrogen-bond donors (Lipinski definition) is 2. The number of unbranched alkanes of at least 4 members (excludes halogenated alkanes) is 1. The second kappa shape index (κ2) is 8.12. The van der Waals surface area contributed by atoms with Crippen LogP contribution in [0.15, 0.2) is 0 Å². The van der Waals surface area contributed by atoms with E-state index in [1.807, 2.05) is 0 Å². The van der Waals surface area contributed by atoms with Gasteiger partial charge < -0.3 is 10.6 Å². The zero-order chi connectivity index (χ0) is 10.9. The average molecular weight is 212 g/mol. The summed E-state index contributed by atoms with van der Waals surface area (Å²) in [6, 6.07) is 0.855. The van der Waals surface area contributed by atoms with E-state index in [1.54, 1.807) is 0 Å². The minimum Gasteiger partial charge on any atom is -0.315 e. The van der Waals surface area contributed by atoms with E-state index in [4.69, 9.17) is 0 Å². The van der Waals surface area contributed by atoms with Gasteiger partial charge in [0.1, 0.15) is 0 Å². The topological polar surface area (TPSA) is 24.1 Å². The molecule has 0 amide bonds. The van der Waals surface area contributed by atoms with Gasteiger partial charge in [0, 0.05) is 19.1 Å². The van der Waals surface area contributed by atoms with Crippen molar-refractivity contribution in [1.82, 2.24) is 10.6 Å². The molecule has 1 rings (SSSR count). The van der Waals surface area contributed by atoms with Crippen LogP contribution in [-0.4, -0.2) is 25.7 Å². The maximum Gasteiger partial charge on any atom is 0.00793 e. The molecule has 1 aliphatic rings. The van der Waals surface area contributed by atoms with Gasteiger partial charge in [-0.1, -0.05) is 33.1 Å². The lowest BCUT2D eigenvalue weighted by molar-refractivity contribution is 0.418. The number of nitrogens with one attached hydrogen (secondary N) is 2. The fourth-order valence-electron chi connectivity index (χ4n) is 1.90. The van der Waals surface area contributed by atoms with Crippen LogP contribution in [0.25, 0.3) is 0 Å². The van der Waals surface area contributed by atoms with Gasteiger partial charge in [0.15, 0.2) is 0 Å². The molecule has 2 nitrogen and oxygen atoms in total. The highest BCUT2D eigenvalue weighted by atomic mass is 15.0. The molecule has 1 fully saturated rings. The van der Waals surface area contributed by atoms with E-state index in [2.05, 4.69) is 24.5 Å². The van der Waals surface area contributed by atoms with Crippen molar-refractivity contribution >= 4 is 0 Å². The Bertz CT molecular complexity index is 143. The van der Waals surface area contributed by atoms with Crippen LogP contribution in [-0.2, 0) is 0 Å². The van der Waals surface area contributed by atoms with Crippen molar-refractivity contribution < 1.29 is 0 Å². The van der Waals surface area contributed by atoms with Crippen molar-refractivity contribution in [2.75, 3.05) is 19.6 Å². The van der Waals surface area contributed by atoms with Crippen LogP contribution >= 0.6 is 0 Å². The summed E-state index contributed by atoms with van der Waals surface area (Å²) < 4.78 is 0. The summed E-state index contributed by atoms with van der Waals surface area (Å²) in [6.07, 6.45) is 8.24. The standard InChI is InChI=1S/C13H28N2/c1-3-5-6-12(4-2)11-14-9-10-15-13-7-8-13/h12-15H,3-11H2,1-2H3. The molecular formula is C13H28N2. The zero-order valence-corrected chi connectivity index (χ0v) is 10.5. The van der Waals surface area contributed by atoms with E-state index < -0.39 is 0 Å². The molecule has 1 saturated carbocycles. The molecule has 0 saturated heterocycles. The Hall–Kier alpha value is -0.0800. The second-order valence-electron chi connectivity index (χ2n) is 4.85. The fourth-order valence-corrected chi connectivity index (χ4v) is 1.90. The Balaban J connectivity index is 1.86. The first kappa shape index (κ1) is 13.0. The van der Waals surface area contributed by atoms with Gasteiger partial charge in [0.25, 0.3) is 0 Å². The Labute approximate surface area is 95.2 Å². The maximum atomic E-state index is 3.57. The van der Waals surface area contributed by atoms with Crippen molar-refractivity contribution in [2.45, 2.75) is 58.4 Å². The van der Waals surface area contributed by atoms with Crippen LogP contribution in [0.4, 0.5) is 0 Å². The molecule has 1 aliphatic carbocycles. The first-order valence-electron chi connectivity index (χ1n) is 6.80. The summed E-state index contributed by atoms with van der Waals surface area (Å²) in [6.45, 7) is 8.08. The molecule has 0 heterocycles. The number of hydrogen-bond acceptors (Lipinski definition) is 2. The molecule has 1 atom stereocenters.